The van der Waals surface area contributed by atoms with E-state index in [0.717, 1.165) is 56.9 Å². The maximum absolute atomic E-state index is 12.6. The molecule has 0 bridgehead atoms. The summed E-state index contributed by atoms with van der Waals surface area (Å²) in [6.07, 6.45) is 12.1. The smallest absolute Gasteiger partial charge is 0.326 e. The fourth-order valence-electron chi connectivity index (χ4n) is 4.59. The van der Waals surface area contributed by atoms with Crippen molar-refractivity contribution in [2.75, 3.05) is 23.3 Å². The van der Waals surface area contributed by atoms with Gasteiger partial charge in [0.2, 0.25) is 0 Å². The summed E-state index contributed by atoms with van der Waals surface area (Å²) in [6.45, 7) is 6.31. The van der Waals surface area contributed by atoms with Crippen LogP contribution in [0.3, 0.4) is 0 Å². The predicted molar refractivity (Wildman–Crippen MR) is 148 cm³/mol. The first kappa shape index (κ1) is 28.2. The van der Waals surface area contributed by atoms with Gasteiger partial charge in [-0.15, -0.1) is 0 Å². The van der Waals surface area contributed by atoms with Gasteiger partial charge in [-0.25, -0.2) is 9.78 Å². The van der Waals surface area contributed by atoms with E-state index in [4.69, 9.17) is 0 Å². The fraction of sp³-hybridized carbons (Fsp3) is 0.517. The monoisotopic (exact) mass is 508 g/mol. The van der Waals surface area contributed by atoms with Crippen molar-refractivity contribution in [3.63, 3.8) is 0 Å². The van der Waals surface area contributed by atoms with Crippen LogP contribution in [0.1, 0.15) is 76.5 Å². The summed E-state index contributed by atoms with van der Waals surface area (Å²) >= 11 is 0. The summed E-state index contributed by atoms with van der Waals surface area (Å²) in [6, 6.07) is 8.87. The summed E-state index contributed by atoms with van der Waals surface area (Å²) in [4.78, 5) is 43.6. The van der Waals surface area contributed by atoms with Gasteiger partial charge in [0.25, 0.3) is 10.9 Å². The Morgan fingerprint density at radius 1 is 0.973 bits per heavy atom. The minimum absolute atomic E-state index is 0.0996. The molecule has 0 aliphatic carbocycles. The van der Waals surface area contributed by atoms with Crippen LogP contribution in [0.25, 0.3) is 0 Å². The number of nitrogens with one attached hydrogen (secondary N) is 1. The Balaban J connectivity index is 1.71. The molecule has 8 heteroatoms. The maximum Gasteiger partial charge on any atom is 0.326 e. The first-order valence-electron chi connectivity index (χ1n) is 13.6. The van der Waals surface area contributed by atoms with E-state index < -0.39 is 22.9 Å². The molecule has 8 nitrogen and oxygen atoms in total. The lowest BCUT2D eigenvalue weighted by molar-refractivity contribution is -0.137. The van der Waals surface area contributed by atoms with Gasteiger partial charge in [0.15, 0.2) is 0 Å². The van der Waals surface area contributed by atoms with Gasteiger partial charge in [0.05, 0.1) is 12.0 Å². The molecule has 37 heavy (non-hydrogen) atoms. The number of carboxylic acid groups (broad SMARTS) is 1. The summed E-state index contributed by atoms with van der Waals surface area (Å²) < 4.78 is 1.90. The second-order valence-corrected chi connectivity index (χ2v) is 9.75. The van der Waals surface area contributed by atoms with Crippen molar-refractivity contribution in [1.29, 1.82) is 0 Å². The lowest BCUT2D eigenvalue weighted by atomic mass is 10.1. The molecule has 1 aromatic heterocycles. The van der Waals surface area contributed by atoms with Gasteiger partial charge >= 0.3 is 5.97 Å². The number of carbonyl (C=O) groups is 1. The number of aromatic nitrogens is 2. The second-order valence-electron chi connectivity index (χ2n) is 9.75. The largest absolute Gasteiger partial charge is 0.480 e. The molecule has 0 aliphatic rings. The number of hydrogen-bond donors (Lipinski definition) is 2. The summed E-state index contributed by atoms with van der Waals surface area (Å²) in [5, 5.41) is 12.8. The Labute approximate surface area is 219 Å². The SMILES string of the molecule is CCCCCCN(CCCCCC)c1c(NC(Cc2cn(Cc3ccccc3)cn2)C(=O)O)c(=O)c1=O. The van der Waals surface area contributed by atoms with Crippen LogP contribution in [0.2, 0.25) is 0 Å². The maximum atomic E-state index is 12.6. The van der Waals surface area contributed by atoms with Crippen molar-refractivity contribution in [3.8, 4) is 0 Å². The van der Waals surface area contributed by atoms with Crippen LogP contribution in [0.5, 0.6) is 0 Å². The zero-order valence-corrected chi connectivity index (χ0v) is 22.1. The number of hydrogen-bond acceptors (Lipinski definition) is 6. The Morgan fingerprint density at radius 3 is 2.22 bits per heavy atom. The highest BCUT2D eigenvalue weighted by molar-refractivity contribution is 5.83. The number of anilines is 2. The zero-order chi connectivity index (χ0) is 26.6. The van der Waals surface area contributed by atoms with E-state index in [1.54, 1.807) is 6.33 Å². The van der Waals surface area contributed by atoms with Gasteiger partial charge in [0, 0.05) is 32.3 Å². The molecule has 1 atom stereocenters. The van der Waals surface area contributed by atoms with Crippen molar-refractivity contribution in [1.82, 2.24) is 9.55 Å². The van der Waals surface area contributed by atoms with E-state index in [-0.39, 0.29) is 12.1 Å². The number of unbranched alkanes of at least 4 members (excludes halogenated alkanes) is 6. The minimum atomic E-state index is -1.09. The lowest BCUT2D eigenvalue weighted by Gasteiger charge is -2.29. The number of benzene rings is 1. The van der Waals surface area contributed by atoms with Gasteiger partial charge < -0.3 is 19.9 Å². The molecule has 3 aromatic rings. The molecular weight excluding hydrogens is 468 g/mol. The number of aliphatic carboxylic acids is 1. The number of carboxylic acids is 1. The van der Waals surface area contributed by atoms with Crippen LogP contribution in [0, 0.1) is 0 Å². The normalized spacial score (nSPS) is 12.1. The third-order valence-electron chi connectivity index (χ3n) is 6.69. The Morgan fingerprint density at radius 2 is 1.62 bits per heavy atom. The molecule has 1 unspecified atom stereocenters. The average molecular weight is 509 g/mol. The molecule has 0 amide bonds. The standard InChI is InChI=1S/C29H40N4O4/c1-3-5-7-12-16-33(17-13-8-6-4-2)26-25(27(34)28(26)35)31-24(29(36)37)18-23-20-32(21-30-23)19-22-14-10-9-11-15-22/h9-11,14-15,20-21,24,31H,3-8,12-13,16-19H2,1-2H3,(H,36,37). The van der Waals surface area contributed by atoms with Crippen molar-refractivity contribution in [3.05, 3.63) is 74.6 Å². The molecule has 0 spiro atoms. The van der Waals surface area contributed by atoms with Gasteiger partial charge in [0.1, 0.15) is 17.4 Å². The Kier molecular flexibility index (Phi) is 10.9. The van der Waals surface area contributed by atoms with Crippen molar-refractivity contribution < 1.29 is 9.90 Å². The van der Waals surface area contributed by atoms with Crippen LogP contribution in [0.15, 0.2) is 52.4 Å². The van der Waals surface area contributed by atoms with E-state index in [0.29, 0.717) is 31.0 Å². The summed E-state index contributed by atoms with van der Waals surface area (Å²) in [7, 11) is 0. The molecule has 2 aromatic carbocycles. The Hall–Kier alpha value is -3.42. The van der Waals surface area contributed by atoms with Gasteiger partial charge in [-0.2, -0.15) is 0 Å². The number of imidazole rings is 1. The van der Waals surface area contributed by atoms with Crippen LogP contribution >= 0.6 is 0 Å². The third kappa shape index (κ3) is 8.03. The topological polar surface area (TPSA) is 105 Å². The highest BCUT2D eigenvalue weighted by Gasteiger charge is 2.30. The minimum Gasteiger partial charge on any atom is -0.480 e. The van der Waals surface area contributed by atoms with Crippen molar-refractivity contribution in [2.24, 2.45) is 0 Å². The van der Waals surface area contributed by atoms with Crippen molar-refractivity contribution >= 4 is 17.3 Å². The highest BCUT2D eigenvalue weighted by atomic mass is 16.4. The summed E-state index contributed by atoms with van der Waals surface area (Å²) in [5.74, 6) is -1.09. The quantitative estimate of drug-likeness (QED) is 0.191. The van der Waals surface area contributed by atoms with Crippen molar-refractivity contribution in [2.45, 2.75) is 84.2 Å². The van der Waals surface area contributed by atoms with E-state index in [9.17, 15) is 19.5 Å². The van der Waals surface area contributed by atoms with Gasteiger partial charge in [-0.05, 0) is 18.4 Å². The third-order valence-corrected chi connectivity index (χ3v) is 6.69. The number of rotatable bonds is 18. The zero-order valence-electron chi connectivity index (χ0n) is 22.1. The van der Waals surface area contributed by atoms with Crippen LogP contribution in [-0.2, 0) is 17.8 Å². The molecule has 0 aliphatic heterocycles. The molecule has 3 rings (SSSR count). The molecule has 0 radical (unpaired) electrons. The van der Waals surface area contributed by atoms with Crippen LogP contribution < -0.4 is 21.1 Å². The van der Waals surface area contributed by atoms with Crippen LogP contribution in [-0.4, -0.2) is 39.8 Å². The van der Waals surface area contributed by atoms with Gasteiger partial charge in [-0.3, -0.25) is 9.59 Å². The first-order valence-corrected chi connectivity index (χ1v) is 13.6. The Bertz CT molecular complexity index is 1170. The average Bonchev–Trinajstić information content (AvgIpc) is 3.34. The molecule has 0 fully saturated rings. The van der Waals surface area contributed by atoms with E-state index >= 15 is 0 Å². The molecule has 0 saturated heterocycles. The van der Waals surface area contributed by atoms with E-state index in [1.165, 1.54) is 0 Å². The predicted octanol–water partition coefficient (Wildman–Crippen LogP) is 4.60. The lowest BCUT2D eigenvalue weighted by Crippen LogP contribution is -2.46. The van der Waals surface area contributed by atoms with E-state index in [2.05, 4.69) is 24.1 Å². The molecule has 200 valence electrons. The number of nitrogens with zero attached hydrogens (tertiary/aromatic N) is 3. The van der Waals surface area contributed by atoms with E-state index in [1.807, 2.05) is 46.0 Å². The second kappa shape index (κ2) is 14.4. The molecule has 1 heterocycles. The molecular formula is C29H40N4O4. The molecule has 2 N–H and O–H groups in total. The highest BCUT2D eigenvalue weighted by Crippen LogP contribution is 2.23. The van der Waals surface area contributed by atoms with Crippen LogP contribution in [0.4, 0.5) is 11.4 Å². The summed E-state index contributed by atoms with van der Waals surface area (Å²) in [5.41, 5.74) is 1.04. The van der Waals surface area contributed by atoms with Gasteiger partial charge in [-0.1, -0.05) is 82.7 Å². The molecule has 0 saturated carbocycles. The fourth-order valence-corrected chi connectivity index (χ4v) is 4.59. The first-order chi connectivity index (χ1) is 17.9.